The molecule has 8 heteroatoms. The number of carbonyl (C=O) groups excluding carboxylic acids is 1. The van der Waals surface area contributed by atoms with E-state index in [0.29, 0.717) is 15.4 Å². The van der Waals surface area contributed by atoms with Gasteiger partial charge in [0.1, 0.15) is 17.4 Å². The van der Waals surface area contributed by atoms with Gasteiger partial charge < -0.3 is 20.1 Å². The van der Waals surface area contributed by atoms with Crippen LogP contribution in [0.15, 0.2) is 27.5 Å². The molecule has 0 spiro atoms. The van der Waals surface area contributed by atoms with Crippen molar-refractivity contribution in [3.8, 4) is 5.75 Å². The predicted molar refractivity (Wildman–Crippen MR) is 83.1 cm³/mol. The van der Waals surface area contributed by atoms with Gasteiger partial charge >= 0.3 is 5.97 Å². The molecular formula is C14H13BrN2O5. The normalized spacial score (nSPS) is 12.1. The Hall–Kier alpha value is -2.35. The summed E-state index contributed by atoms with van der Waals surface area (Å²) in [4.78, 5) is 35.2. The van der Waals surface area contributed by atoms with Gasteiger partial charge in [0.05, 0.1) is 10.9 Å². The predicted octanol–water partition coefficient (Wildman–Crippen LogP) is 1.21. The van der Waals surface area contributed by atoms with E-state index in [-0.39, 0.29) is 0 Å². The fraction of sp³-hybridized carbons (Fsp3) is 0.214. The third-order valence-electron chi connectivity index (χ3n) is 3.29. The lowest BCUT2D eigenvalue weighted by molar-refractivity contribution is -0.138. The Labute approximate surface area is 133 Å². The zero-order valence-corrected chi connectivity index (χ0v) is 13.3. The number of carbonyl (C=O) groups is 2. The number of fused-ring (bicyclic) bond motifs is 1. The second kappa shape index (κ2) is 5.80. The van der Waals surface area contributed by atoms with Crippen molar-refractivity contribution in [1.82, 2.24) is 9.88 Å². The van der Waals surface area contributed by atoms with Crippen molar-refractivity contribution in [2.45, 2.75) is 13.0 Å². The van der Waals surface area contributed by atoms with E-state index in [0.717, 1.165) is 0 Å². The Kier molecular flexibility index (Phi) is 4.23. The number of pyridine rings is 1. The summed E-state index contributed by atoms with van der Waals surface area (Å²) in [6.45, 7) is 1.26. The molecule has 0 aliphatic heterocycles. The summed E-state index contributed by atoms with van der Waals surface area (Å²) in [6.07, 6.45) is 0. The molecule has 22 heavy (non-hydrogen) atoms. The molecule has 1 atom stereocenters. The number of benzene rings is 1. The molecule has 0 bridgehead atoms. The number of hydrogen-bond donors (Lipinski definition) is 3. The maximum absolute atomic E-state index is 12.3. The number of nitrogens with one attached hydrogen (secondary N) is 1. The summed E-state index contributed by atoms with van der Waals surface area (Å²) < 4.78 is 1.73. The molecule has 0 fully saturated rings. The van der Waals surface area contributed by atoms with Crippen LogP contribution in [0.5, 0.6) is 5.75 Å². The lowest BCUT2D eigenvalue weighted by Gasteiger charge is -2.14. The Morgan fingerprint density at radius 2 is 2.00 bits per heavy atom. The Balaban J connectivity index is 2.70. The van der Waals surface area contributed by atoms with E-state index in [1.165, 1.54) is 18.5 Å². The SMILES string of the molecule is C[C@H](NC(=O)c1c(O)c2c(Br)cccc2n(C)c1=O)C(=O)O. The van der Waals surface area contributed by atoms with Gasteiger partial charge in [0.25, 0.3) is 11.5 Å². The van der Waals surface area contributed by atoms with Crippen LogP contribution in [-0.2, 0) is 11.8 Å². The third kappa shape index (κ3) is 2.57. The molecule has 0 saturated heterocycles. The van der Waals surface area contributed by atoms with E-state index in [4.69, 9.17) is 5.11 Å². The molecule has 1 heterocycles. The molecule has 1 aromatic heterocycles. The molecule has 3 N–H and O–H groups in total. The number of rotatable bonds is 3. The number of carboxylic acids is 1. The van der Waals surface area contributed by atoms with Gasteiger partial charge in [0, 0.05) is 11.5 Å². The van der Waals surface area contributed by atoms with Crippen molar-refractivity contribution in [2.24, 2.45) is 7.05 Å². The van der Waals surface area contributed by atoms with E-state index < -0.39 is 34.8 Å². The van der Waals surface area contributed by atoms with Crippen LogP contribution in [0.1, 0.15) is 17.3 Å². The first-order valence-corrected chi connectivity index (χ1v) is 7.08. The number of halogens is 1. The number of aliphatic carboxylic acids is 1. The Morgan fingerprint density at radius 1 is 1.36 bits per heavy atom. The molecule has 2 rings (SSSR count). The molecule has 0 aliphatic rings. The van der Waals surface area contributed by atoms with E-state index >= 15 is 0 Å². The second-order valence-electron chi connectivity index (χ2n) is 4.76. The fourth-order valence-corrected chi connectivity index (χ4v) is 2.61. The lowest BCUT2D eigenvalue weighted by Crippen LogP contribution is -2.41. The quantitative estimate of drug-likeness (QED) is 0.754. The van der Waals surface area contributed by atoms with Crippen LogP contribution in [-0.4, -0.2) is 32.7 Å². The van der Waals surface area contributed by atoms with Crippen molar-refractivity contribution in [2.75, 3.05) is 0 Å². The summed E-state index contributed by atoms with van der Waals surface area (Å²) in [6, 6.07) is 3.79. The number of aryl methyl sites for hydroxylation is 1. The van der Waals surface area contributed by atoms with Gasteiger partial charge in [-0.25, -0.2) is 0 Å². The van der Waals surface area contributed by atoms with Gasteiger partial charge in [-0.1, -0.05) is 6.07 Å². The zero-order valence-electron chi connectivity index (χ0n) is 11.8. The average Bonchev–Trinajstić information content (AvgIpc) is 2.44. The number of hydrogen-bond acceptors (Lipinski definition) is 4. The molecule has 0 saturated carbocycles. The highest BCUT2D eigenvalue weighted by molar-refractivity contribution is 9.10. The van der Waals surface area contributed by atoms with Crippen LogP contribution in [0, 0.1) is 0 Å². The zero-order chi connectivity index (χ0) is 16.6. The maximum atomic E-state index is 12.3. The molecule has 7 nitrogen and oxygen atoms in total. The van der Waals surface area contributed by atoms with Crippen molar-refractivity contribution in [3.05, 3.63) is 38.6 Å². The molecule has 2 aromatic rings. The minimum atomic E-state index is -1.24. The number of nitrogens with zero attached hydrogens (tertiary/aromatic N) is 1. The highest BCUT2D eigenvalue weighted by Crippen LogP contribution is 2.32. The standard InChI is InChI=1S/C14H13BrN2O5/c1-6(14(21)22)16-12(19)10-11(18)9-7(15)4-3-5-8(9)17(2)13(10)20/h3-6,18H,1-2H3,(H,16,19)(H,21,22)/t6-/m0/s1. The molecule has 1 amide bonds. The van der Waals surface area contributed by atoms with Gasteiger partial charge in [-0.3, -0.25) is 14.4 Å². The van der Waals surface area contributed by atoms with Crippen LogP contribution in [0.3, 0.4) is 0 Å². The maximum Gasteiger partial charge on any atom is 0.325 e. The number of amides is 1. The Morgan fingerprint density at radius 3 is 2.59 bits per heavy atom. The van der Waals surface area contributed by atoms with Crippen molar-refractivity contribution >= 4 is 38.7 Å². The monoisotopic (exact) mass is 368 g/mol. The van der Waals surface area contributed by atoms with E-state index in [9.17, 15) is 19.5 Å². The number of aromatic nitrogens is 1. The molecule has 1 aromatic carbocycles. The lowest BCUT2D eigenvalue weighted by atomic mass is 10.1. The molecule has 0 radical (unpaired) electrons. The van der Waals surface area contributed by atoms with E-state index in [1.807, 2.05) is 0 Å². The van der Waals surface area contributed by atoms with Crippen molar-refractivity contribution in [3.63, 3.8) is 0 Å². The van der Waals surface area contributed by atoms with Crippen LogP contribution < -0.4 is 10.9 Å². The van der Waals surface area contributed by atoms with Crippen molar-refractivity contribution in [1.29, 1.82) is 0 Å². The highest BCUT2D eigenvalue weighted by atomic mass is 79.9. The average molecular weight is 369 g/mol. The molecular weight excluding hydrogens is 356 g/mol. The summed E-state index contributed by atoms with van der Waals surface area (Å²) in [5.41, 5.74) is -0.757. The number of aromatic hydroxyl groups is 1. The Bertz CT molecular complexity index is 843. The molecule has 0 unspecified atom stereocenters. The van der Waals surface area contributed by atoms with Crippen LogP contribution in [0.2, 0.25) is 0 Å². The van der Waals surface area contributed by atoms with Crippen LogP contribution in [0.25, 0.3) is 10.9 Å². The summed E-state index contributed by atoms with van der Waals surface area (Å²) in [7, 11) is 1.47. The first-order valence-electron chi connectivity index (χ1n) is 6.29. The topological polar surface area (TPSA) is 109 Å². The van der Waals surface area contributed by atoms with Gasteiger partial charge in [-0.05, 0) is 35.0 Å². The third-order valence-corrected chi connectivity index (χ3v) is 3.95. The summed E-state index contributed by atoms with van der Waals surface area (Å²) in [5.74, 6) is -2.67. The van der Waals surface area contributed by atoms with Gasteiger partial charge in [0.2, 0.25) is 0 Å². The fourth-order valence-electron chi connectivity index (χ4n) is 2.07. The van der Waals surface area contributed by atoms with E-state index in [1.54, 1.807) is 18.2 Å². The van der Waals surface area contributed by atoms with Gasteiger partial charge in [0.15, 0.2) is 0 Å². The van der Waals surface area contributed by atoms with E-state index in [2.05, 4.69) is 21.2 Å². The molecule has 116 valence electrons. The summed E-state index contributed by atoms with van der Waals surface area (Å²) >= 11 is 3.26. The minimum Gasteiger partial charge on any atom is -0.506 e. The number of carboxylic acid groups (broad SMARTS) is 1. The second-order valence-corrected chi connectivity index (χ2v) is 5.61. The van der Waals surface area contributed by atoms with Crippen LogP contribution in [0.4, 0.5) is 0 Å². The first-order chi connectivity index (χ1) is 10.3. The largest absolute Gasteiger partial charge is 0.506 e. The summed E-state index contributed by atoms with van der Waals surface area (Å²) in [5, 5.41) is 21.6. The smallest absolute Gasteiger partial charge is 0.325 e. The first kappa shape index (κ1) is 16.0. The van der Waals surface area contributed by atoms with Crippen molar-refractivity contribution < 1.29 is 19.8 Å². The minimum absolute atomic E-state index is 0.303. The molecule has 0 aliphatic carbocycles. The van der Waals surface area contributed by atoms with Crippen LogP contribution >= 0.6 is 15.9 Å². The van der Waals surface area contributed by atoms with Gasteiger partial charge in [-0.2, -0.15) is 0 Å². The van der Waals surface area contributed by atoms with Gasteiger partial charge in [-0.15, -0.1) is 0 Å². The highest BCUT2D eigenvalue weighted by Gasteiger charge is 2.24.